The van der Waals surface area contributed by atoms with Gasteiger partial charge in [0, 0.05) is 13.0 Å². The van der Waals surface area contributed by atoms with Crippen molar-refractivity contribution in [2.45, 2.75) is 32.2 Å². The molecule has 0 heterocycles. The van der Waals surface area contributed by atoms with Crippen LogP contribution in [0.2, 0.25) is 0 Å². The largest absolute Gasteiger partial charge is 0.481 e. The van der Waals surface area contributed by atoms with Crippen LogP contribution in [0.1, 0.15) is 26.2 Å². The van der Waals surface area contributed by atoms with E-state index in [9.17, 15) is 9.59 Å². The first-order valence-electron chi connectivity index (χ1n) is 5.22. The molecule has 0 aliphatic heterocycles. The molecule has 16 heavy (non-hydrogen) atoms. The number of aliphatic carboxylic acids is 1. The SMILES string of the molecule is C#CCN(CCC)C(=O)C(N)CCC(=O)O. The van der Waals surface area contributed by atoms with Gasteiger partial charge >= 0.3 is 5.97 Å². The Labute approximate surface area is 95.6 Å². The summed E-state index contributed by atoms with van der Waals surface area (Å²) in [5.41, 5.74) is 5.60. The molecular weight excluding hydrogens is 208 g/mol. The number of amides is 1. The summed E-state index contributed by atoms with van der Waals surface area (Å²) in [6.07, 6.45) is 5.96. The second kappa shape index (κ2) is 7.71. The molecule has 0 aromatic carbocycles. The van der Waals surface area contributed by atoms with E-state index in [2.05, 4.69) is 5.92 Å². The molecule has 0 bridgehead atoms. The van der Waals surface area contributed by atoms with Gasteiger partial charge in [-0.25, -0.2) is 0 Å². The van der Waals surface area contributed by atoms with E-state index in [-0.39, 0.29) is 25.3 Å². The maximum absolute atomic E-state index is 11.7. The predicted octanol–water partition coefficient (Wildman–Crippen LogP) is 0.0503. The molecule has 0 aromatic rings. The van der Waals surface area contributed by atoms with E-state index >= 15 is 0 Å². The third-order valence-electron chi connectivity index (χ3n) is 2.07. The average molecular weight is 226 g/mol. The van der Waals surface area contributed by atoms with Gasteiger partial charge in [0.1, 0.15) is 0 Å². The van der Waals surface area contributed by atoms with Gasteiger partial charge in [-0.2, -0.15) is 0 Å². The number of hydrogen-bond acceptors (Lipinski definition) is 3. The van der Waals surface area contributed by atoms with Crippen molar-refractivity contribution in [1.29, 1.82) is 0 Å². The van der Waals surface area contributed by atoms with Gasteiger partial charge in [-0.15, -0.1) is 6.42 Å². The van der Waals surface area contributed by atoms with Gasteiger partial charge in [-0.1, -0.05) is 12.8 Å². The van der Waals surface area contributed by atoms with Crippen LogP contribution in [0.4, 0.5) is 0 Å². The third-order valence-corrected chi connectivity index (χ3v) is 2.07. The Hall–Kier alpha value is -1.54. The van der Waals surface area contributed by atoms with Crippen LogP contribution < -0.4 is 5.73 Å². The van der Waals surface area contributed by atoms with Crippen molar-refractivity contribution in [2.24, 2.45) is 5.73 Å². The number of carbonyl (C=O) groups is 2. The summed E-state index contributed by atoms with van der Waals surface area (Å²) in [6.45, 7) is 2.69. The lowest BCUT2D eigenvalue weighted by Crippen LogP contribution is -2.44. The second-order valence-corrected chi connectivity index (χ2v) is 3.50. The van der Waals surface area contributed by atoms with Crippen LogP contribution in [0.25, 0.3) is 0 Å². The van der Waals surface area contributed by atoms with Crippen molar-refractivity contribution in [2.75, 3.05) is 13.1 Å². The summed E-state index contributed by atoms with van der Waals surface area (Å²) in [5.74, 6) is 1.15. The van der Waals surface area contributed by atoms with Crippen LogP contribution in [0, 0.1) is 12.3 Å². The highest BCUT2D eigenvalue weighted by molar-refractivity contribution is 5.82. The Morgan fingerprint density at radius 3 is 2.62 bits per heavy atom. The molecule has 0 aliphatic carbocycles. The second-order valence-electron chi connectivity index (χ2n) is 3.50. The van der Waals surface area contributed by atoms with Crippen LogP contribution >= 0.6 is 0 Å². The zero-order valence-electron chi connectivity index (χ0n) is 9.48. The number of nitrogens with two attached hydrogens (primary N) is 1. The topological polar surface area (TPSA) is 83.6 Å². The maximum atomic E-state index is 11.7. The number of carbonyl (C=O) groups excluding carboxylic acids is 1. The van der Waals surface area contributed by atoms with Gasteiger partial charge < -0.3 is 15.7 Å². The first-order chi connectivity index (χ1) is 7.52. The molecule has 1 unspecified atom stereocenters. The van der Waals surface area contributed by atoms with E-state index < -0.39 is 12.0 Å². The normalized spacial score (nSPS) is 11.6. The molecule has 0 rings (SSSR count). The lowest BCUT2D eigenvalue weighted by Gasteiger charge is -2.22. The molecule has 1 amide bonds. The summed E-state index contributed by atoms with van der Waals surface area (Å²) < 4.78 is 0. The van der Waals surface area contributed by atoms with Crippen LogP contribution in [0.3, 0.4) is 0 Å². The minimum Gasteiger partial charge on any atom is -0.481 e. The molecule has 5 heteroatoms. The highest BCUT2D eigenvalue weighted by atomic mass is 16.4. The van der Waals surface area contributed by atoms with E-state index in [0.29, 0.717) is 6.54 Å². The zero-order chi connectivity index (χ0) is 12.6. The monoisotopic (exact) mass is 226 g/mol. The fourth-order valence-corrected chi connectivity index (χ4v) is 1.28. The van der Waals surface area contributed by atoms with Crippen LogP contribution in [-0.4, -0.2) is 41.0 Å². The lowest BCUT2D eigenvalue weighted by atomic mass is 10.1. The minimum absolute atomic E-state index is 0.108. The lowest BCUT2D eigenvalue weighted by molar-refractivity contribution is -0.137. The molecule has 0 aromatic heterocycles. The Balaban J connectivity index is 4.25. The van der Waals surface area contributed by atoms with Crippen LogP contribution in [0.5, 0.6) is 0 Å². The summed E-state index contributed by atoms with van der Waals surface area (Å²) in [7, 11) is 0. The fourth-order valence-electron chi connectivity index (χ4n) is 1.28. The highest BCUT2D eigenvalue weighted by Crippen LogP contribution is 2.01. The number of carboxylic acids is 1. The Morgan fingerprint density at radius 1 is 1.56 bits per heavy atom. The number of carboxylic acid groups (broad SMARTS) is 1. The van der Waals surface area contributed by atoms with Crippen molar-refractivity contribution in [3.8, 4) is 12.3 Å². The van der Waals surface area contributed by atoms with Crippen LogP contribution in [-0.2, 0) is 9.59 Å². The summed E-state index contributed by atoms with van der Waals surface area (Å²) in [5, 5.41) is 8.48. The standard InChI is InChI=1S/C11H18N2O3/c1-3-7-13(8-4-2)11(16)9(12)5-6-10(14)15/h1,9H,4-8,12H2,2H3,(H,14,15). The van der Waals surface area contributed by atoms with Gasteiger partial charge in [-0.3, -0.25) is 9.59 Å². The molecule has 0 radical (unpaired) electrons. The quantitative estimate of drug-likeness (QED) is 0.601. The van der Waals surface area contributed by atoms with Gasteiger partial charge in [0.05, 0.1) is 12.6 Å². The van der Waals surface area contributed by atoms with Crippen molar-refractivity contribution in [3.63, 3.8) is 0 Å². The fraction of sp³-hybridized carbons (Fsp3) is 0.636. The molecule has 3 N–H and O–H groups in total. The van der Waals surface area contributed by atoms with Crippen molar-refractivity contribution >= 4 is 11.9 Å². The summed E-state index contributed by atoms with van der Waals surface area (Å²) >= 11 is 0. The van der Waals surface area contributed by atoms with Crippen molar-refractivity contribution < 1.29 is 14.7 Å². The van der Waals surface area contributed by atoms with Gasteiger partial charge in [0.25, 0.3) is 0 Å². The minimum atomic E-state index is -0.956. The summed E-state index contributed by atoms with van der Waals surface area (Å²) in [6, 6.07) is -0.781. The summed E-state index contributed by atoms with van der Waals surface area (Å²) in [4.78, 5) is 23.6. The predicted molar refractivity (Wildman–Crippen MR) is 60.5 cm³/mol. The van der Waals surface area contributed by atoms with Crippen LogP contribution in [0.15, 0.2) is 0 Å². The smallest absolute Gasteiger partial charge is 0.303 e. The molecule has 90 valence electrons. The number of hydrogen-bond donors (Lipinski definition) is 2. The third kappa shape index (κ3) is 5.37. The number of rotatable bonds is 7. The van der Waals surface area contributed by atoms with Gasteiger partial charge in [-0.05, 0) is 12.8 Å². The number of terminal acetylenes is 1. The van der Waals surface area contributed by atoms with Crippen molar-refractivity contribution in [3.05, 3.63) is 0 Å². The molecule has 5 nitrogen and oxygen atoms in total. The molecule has 0 saturated carbocycles. The van der Waals surface area contributed by atoms with E-state index in [0.717, 1.165) is 6.42 Å². The van der Waals surface area contributed by atoms with Gasteiger partial charge in [0.15, 0.2) is 0 Å². The Morgan fingerprint density at radius 2 is 2.19 bits per heavy atom. The van der Waals surface area contributed by atoms with E-state index in [1.807, 2.05) is 6.92 Å². The molecular formula is C11H18N2O3. The van der Waals surface area contributed by atoms with Crippen molar-refractivity contribution in [1.82, 2.24) is 4.90 Å². The van der Waals surface area contributed by atoms with Gasteiger partial charge in [0.2, 0.25) is 5.91 Å². The maximum Gasteiger partial charge on any atom is 0.303 e. The molecule has 0 fully saturated rings. The highest BCUT2D eigenvalue weighted by Gasteiger charge is 2.20. The first kappa shape index (κ1) is 14.5. The van der Waals surface area contributed by atoms with E-state index in [4.69, 9.17) is 17.3 Å². The molecule has 0 spiro atoms. The Bertz CT molecular complexity index is 283. The average Bonchev–Trinajstić information content (AvgIpc) is 2.24. The molecule has 1 atom stereocenters. The van der Waals surface area contributed by atoms with E-state index in [1.165, 1.54) is 4.90 Å². The number of nitrogens with zero attached hydrogens (tertiary/aromatic N) is 1. The zero-order valence-corrected chi connectivity index (χ0v) is 9.48. The van der Waals surface area contributed by atoms with E-state index in [1.54, 1.807) is 0 Å². The molecule has 0 saturated heterocycles. The Kier molecular flexibility index (Phi) is 6.97. The molecule has 0 aliphatic rings. The first-order valence-corrected chi connectivity index (χ1v) is 5.22.